The lowest BCUT2D eigenvalue weighted by molar-refractivity contribution is -0.207. The van der Waals surface area contributed by atoms with E-state index in [4.69, 9.17) is 16.7 Å². The standard InChI is InChI=1S/C25H24ClF6N5O5/c26-17-6-4-14(5-7-17)22-35-37(23(42)36(22)12-19(39)25(30,31)32)13-21(41)34-18(11-20(40)33-8-9-38)15-2-1-3-16(10-15)24(27,28)29/h1-7,10,18-19,38-39H,8-9,11-13H2,(H,33,40)(H,34,41)/t18?,19-/m0/s1. The Kier molecular flexibility index (Phi) is 10.4. The summed E-state index contributed by atoms with van der Waals surface area (Å²) in [6.07, 6.45) is -13.3. The van der Waals surface area contributed by atoms with E-state index in [1.807, 2.05) is 0 Å². The number of carbonyl (C=O) groups is 2. The summed E-state index contributed by atoms with van der Waals surface area (Å²) in [5, 5.41) is 27.4. The van der Waals surface area contributed by atoms with Crippen LogP contribution >= 0.6 is 11.6 Å². The Morgan fingerprint density at radius 2 is 1.69 bits per heavy atom. The van der Waals surface area contributed by atoms with E-state index in [9.17, 15) is 45.8 Å². The van der Waals surface area contributed by atoms with E-state index in [-0.39, 0.29) is 28.5 Å². The van der Waals surface area contributed by atoms with Gasteiger partial charge in [0, 0.05) is 17.1 Å². The van der Waals surface area contributed by atoms with Gasteiger partial charge in [0.1, 0.15) is 6.54 Å². The number of amides is 2. The molecule has 1 aromatic heterocycles. The number of aliphatic hydroxyl groups excluding tert-OH is 2. The van der Waals surface area contributed by atoms with Gasteiger partial charge in [-0.3, -0.25) is 14.2 Å². The zero-order chi connectivity index (χ0) is 31.2. The normalized spacial score (nSPS) is 13.5. The van der Waals surface area contributed by atoms with Crippen LogP contribution in [0.1, 0.15) is 23.6 Å². The fraction of sp³-hybridized carbons (Fsp3) is 0.360. The molecular formula is C25H24ClF6N5O5. The Labute approximate surface area is 238 Å². The zero-order valence-electron chi connectivity index (χ0n) is 21.4. The van der Waals surface area contributed by atoms with E-state index in [0.717, 1.165) is 18.2 Å². The monoisotopic (exact) mass is 623 g/mol. The van der Waals surface area contributed by atoms with E-state index in [2.05, 4.69) is 15.7 Å². The lowest BCUT2D eigenvalue weighted by Crippen LogP contribution is -2.40. The van der Waals surface area contributed by atoms with E-state index in [1.165, 1.54) is 30.3 Å². The number of halogens is 7. The lowest BCUT2D eigenvalue weighted by atomic mass is 10.0. The largest absolute Gasteiger partial charge is 0.416 e. The van der Waals surface area contributed by atoms with Gasteiger partial charge in [0.2, 0.25) is 11.8 Å². The first-order valence-corrected chi connectivity index (χ1v) is 12.5. The van der Waals surface area contributed by atoms with Gasteiger partial charge in [-0.05, 0) is 42.0 Å². The number of carbonyl (C=O) groups excluding carboxylic acids is 2. The van der Waals surface area contributed by atoms with Crippen LogP contribution in [-0.2, 0) is 28.9 Å². The Balaban J connectivity index is 1.94. The third kappa shape index (κ3) is 8.56. The second-order valence-electron chi connectivity index (χ2n) is 8.96. The third-order valence-corrected chi connectivity index (χ3v) is 6.08. The number of alkyl halides is 6. The number of nitrogens with one attached hydrogen (secondary N) is 2. The van der Waals surface area contributed by atoms with Crippen molar-refractivity contribution in [2.75, 3.05) is 13.2 Å². The molecule has 0 saturated heterocycles. The van der Waals surface area contributed by atoms with Gasteiger partial charge in [-0.2, -0.15) is 26.3 Å². The van der Waals surface area contributed by atoms with Crippen LogP contribution in [0.15, 0.2) is 53.3 Å². The van der Waals surface area contributed by atoms with Crippen LogP contribution in [0.25, 0.3) is 11.4 Å². The molecule has 3 aromatic rings. The SMILES string of the molecule is O=C(CC(NC(=O)Cn1nc(-c2ccc(Cl)cc2)n(C[C@H](O)C(F)(F)F)c1=O)c1cccc(C(F)(F)F)c1)NCCO. The molecule has 0 aliphatic carbocycles. The smallest absolute Gasteiger partial charge is 0.395 e. The maximum atomic E-state index is 13.3. The fourth-order valence-electron chi connectivity index (χ4n) is 3.81. The summed E-state index contributed by atoms with van der Waals surface area (Å²) in [6.45, 7) is -2.73. The van der Waals surface area contributed by atoms with Crippen LogP contribution in [0.3, 0.4) is 0 Å². The number of benzene rings is 2. The van der Waals surface area contributed by atoms with Crippen molar-refractivity contribution in [2.45, 2.75) is 44.0 Å². The lowest BCUT2D eigenvalue weighted by Gasteiger charge is -2.20. The molecule has 4 N–H and O–H groups in total. The minimum absolute atomic E-state index is 0.106. The van der Waals surface area contributed by atoms with Gasteiger partial charge in [0.25, 0.3) is 0 Å². The molecule has 0 fully saturated rings. The molecule has 2 atom stereocenters. The molecule has 3 rings (SSSR count). The van der Waals surface area contributed by atoms with Crippen LogP contribution in [0.5, 0.6) is 0 Å². The van der Waals surface area contributed by atoms with Crippen molar-refractivity contribution < 1.29 is 46.1 Å². The summed E-state index contributed by atoms with van der Waals surface area (Å²) in [6, 6.07) is 7.92. The Morgan fingerprint density at radius 3 is 2.29 bits per heavy atom. The van der Waals surface area contributed by atoms with Gasteiger partial charge >= 0.3 is 18.0 Å². The van der Waals surface area contributed by atoms with Crippen LogP contribution in [0.2, 0.25) is 5.02 Å². The molecule has 0 saturated carbocycles. The second kappa shape index (κ2) is 13.4. The number of aliphatic hydroxyl groups is 2. The van der Waals surface area contributed by atoms with Crippen molar-refractivity contribution in [1.82, 2.24) is 25.0 Å². The minimum atomic E-state index is -5.08. The summed E-state index contributed by atoms with van der Waals surface area (Å²) < 4.78 is 80.1. The van der Waals surface area contributed by atoms with Crippen molar-refractivity contribution in [2.24, 2.45) is 0 Å². The molecule has 2 amide bonds. The quantitative estimate of drug-likeness (QED) is 0.242. The number of rotatable bonds is 11. The van der Waals surface area contributed by atoms with Gasteiger partial charge < -0.3 is 20.8 Å². The van der Waals surface area contributed by atoms with Crippen LogP contribution in [0, 0.1) is 0 Å². The van der Waals surface area contributed by atoms with E-state index >= 15 is 0 Å². The van der Waals surface area contributed by atoms with Crippen LogP contribution in [-0.4, -0.2) is 61.8 Å². The predicted molar refractivity (Wildman–Crippen MR) is 136 cm³/mol. The molecular weight excluding hydrogens is 600 g/mol. The molecule has 2 aromatic carbocycles. The average Bonchev–Trinajstić information content (AvgIpc) is 3.21. The molecule has 1 heterocycles. The van der Waals surface area contributed by atoms with E-state index in [1.54, 1.807) is 0 Å². The Hall–Kier alpha value is -3.89. The number of aromatic nitrogens is 3. The summed E-state index contributed by atoms with van der Waals surface area (Å²) in [5.41, 5.74) is -2.23. The molecule has 0 radical (unpaired) electrons. The van der Waals surface area contributed by atoms with Crippen molar-refractivity contribution in [3.8, 4) is 11.4 Å². The zero-order valence-corrected chi connectivity index (χ0v) is 22.2. The third-order valence-electron chi connectivity index (χ3n) is 5.83. The first-order valence-electron chi connectivity index (χ1n) is 12.1. The van der Waals surface area contributed by atoms with Crippen molar-refractivity contribution >= 4 is 23.4 Å². The highest BCUT2D eigenvalue weighted by molar-refractivity contribution is 6.30. The summed E-state index contributed by atoms with van der Waals surface area (Å²) in [4.78, 5) is 38.2. The highest BCUT2D eigenvalue weighted by atomic mass is 35.5. The highest BCUT2D eigenvalue weighted by Crippen LogP contribution is 2.31. The maximum Gasteiger partial charge on any atom is 0.416 e. The molecule has 0 aliphatic rings. The minimum Gasteiger partial charge on any atom is -0.395 e. The molecule has 1 unspecified atom stereocenters. The van der Waals surface area contributed by atoms with E-state index < -0.39 is 73.7 Å². The van der Waals surface area contributed by atoms with Gasteiger partial charge in [0.05, 0.1) is 31.2 Å². The average molecular weight is 624 g/mol. The van der Waals surface area contributed by atoms with Crippen LogP contribution in [0.4, 0.5) is 26.3 Å². The molecule has 0 spiro atoms. The Bertz CT molecular complexity index is 1460. The van der Waals surface area contributed by atoms with Crippen molar-refractivity contribution in [1.29, 1.82) is 0 Å². The maximum absolute atomic E-state index is 13.3. The number of nitrogens with zero attached hydrogens (tertiary/aromatic N) is 3. The second-order valence-corrected chi connectivity index (χ2v) is 9.40. The fourth-order valence-corrected chi connectivity index (χ4v) is 3.94. The summed E-state index contributed by atoms with van der Waals surface area (Å²) in [7, 11) is 0. The van der Waals surface area contributed by atoms with Crippen molar-refractivity contribution in [3.05, 3.63) is 75.2 Å². The predicted octanol–water partition coefficient (Wildman–Crippen LogP) is 2.66. The summed E-state index contributed by atoms with van der Waals surface area (Å²) >= 11 is 5.85. The first-order chi connectivity index (χ1) is 19.6. The van der Waals surface area contributed by atoms with Crippen LogP contribution < -0.4 is 16.3 Å². The van der Waals surface area contributed by atoms with Crippen molar-refractivity contribution in [3.63, 3.8) is 0 Å². The molecule has 228 valence electrons. The van der Waals surface area contributed by atoms with E-state index in [0.29, 0.717) is 9.25 Å². The first kappa shape index (κ1) is 32.6. The van der Waals surface area contributed by atoms with Gasteiger partial charge in [0.15, 0.2) is 11.9 Å². The summed E-state index contributed by atoms with van der Waals surface area (Å²) in [5.74, 6) is -2.07. The molecule has 0 aliphatic heterocycles. The van der Waals surface area contributed by atoms with Gasteiger partial charge in [-0.25, -0.2) is 9.48 Å². The highest BCUT2D eigenvalue weighted by Gasteiger charge is 2.39. The molecule has 17 heteroatoms. The molecule has 0 bridgehead atoms. The topological polar surface area (TPSA) is 138 Å². The molecule has 10 nitrogen and oxygen atoms in total. The number of hydrogen-bond donors (Lipinski definition) is 4. The van der Waals surface area contributed by atoms with Gasteiger partial charge in [-0.1, -0.05) is 23.7 Å². The van der Waals surface area contributed by atoms with Gasteiger partial charge in [-0.15, -0.1) is 5.10 Å². The Morgan fingerprint density at radius 1 is 1.02 bits per heavy atom. The molecule has 42 heavy (non-hydrogen) atoms. The number of hydrogen-bond acceptors (Lipinski definition) is 6.